The van der Waals surface area contributed by atoms with E-state index in [9.17, 15) is 4.79 Å². The lowest BCUT2D eigenvalue weighted by Gasteiger charge is -2.14. The molecule has 0 atom stereocenters. The van der Waals surface area contributed by atoms with Gasteiger partial charge in [0.05, 0.1) is 12.3 Å². The molecular weight excluding hydrogens is 216 g/mol. The predicted molar refractivity (Wildman–Crippen MR) is 69.5 cm³/mol. The van der Waals surface area contributed by atoms with Crippen LogP contribution in [0.2, 0.25) is 0 Å². The van der Waals surface area contributed by atoms with Gasteiger partial charge in [0.15, 0.2) is 5.75 Å². The van der Waals surface area contributed by atoms with Crippen LogP contribution in [0, 0.1) is 6.92 Å². The predicted octanol–water partition coefficient (Wildman–Crippen LogP) is 1.68. The van der Waals surface area contributed by atoms with Crippen molar-refractivity contribution < 1.29 is 4.74 Å². The monoisotopic (exact) mass is 238 g/mol. The molecule has 2 N–H and O–H groups in total. The van der Waals surface area contributed by atoms with E-state index in [4.69, 9.17) is 10.5 Å². The Labute approximate surface area is 102 Å². The Kier molecular flexibility index (Phi) is 5.77. The first-order valence-corrected chi connectivity index (χ1v) is 6.23. The highest BCUT2D eigenvalue weighted by Gasteiger charge is 2.07. The molecule has 17 heavy (non-hydrogen) atoms. The second-order valence-corrected chi connectivity index (χ2v) is 4.13. The maximum Gasteiger partial charge on any atom is 0.223 e. The topological polar surface area (TPSA) is 57.2 Å². The second kappa shape index (κ2) is 7.12. The van der Waals surface area contributed by atoms with Gasteiger partial charge in [-0.2, -0.15) is 0 Å². The number of nitrogens with two attached hydrogens (primary N) is 1. The Morgan fingerprint density at radius 2 is 2.18 bits per heavy atom. The van der Waals surface area contributed by atoms with Gasteiger partial charge >= 0.3 is 0 Å². The van der Waals surface area contributed by atoms with Crippen molar-refractivity contribution in [2.75, 3.05) is 13.2 Å². The Morgan fingerprint density at radius 3 is 2.82 bits per heavy atom. The second-order valence-electron chi connectivity index (χ2n) is 4.13. The zero-order valence-corrected chi connectivity index (χ0v) is 10.7. The number of pyridine rings is 1. The van der Waals surface area contributed by atoms with Crippen LogP contribution in [0.25, 0.3) is 0 Å². The summed E-state index contributed by atoms with van der Waals surface area (Å²) in [5.74, 6) is 0.484. The molecule has 0 bridgehead atoms. The summed E-state index contributed by atoms with van der Waals surface area (Å²) in [5.41, 5.74) is 6.34. The molecule has 1 rings (SSSR count). The van der Waals surface area contributed by atoms with Crippen molar-refractivity contribution in [3.63, 3.8) is 0 Å². The van der Waals surface area contributed by atoms with Gasteiger partial charge in [0.1, 0.15) is 0 Å². The summed E-state index contributed by atoms with van der Waals surface area (Å²) in [6, 6.07) is 1.56. The lowest BCUT2D eigenvalue weighted by molar-refractivity contribution is 0.300. The molecule has 1 aromatic heterocycles. The van der Waals surface area contributed by atoms with E-state index in [0.717, 1.165) is 31.5 Å². The number of rotatable bonds is 7. The fourth-order valence-corrected chi connectivity index (χ4v) is 1.65. The first-order valence-electron chi connectivity index (χ1n) is 6.23. The van der Waals surface area contributed by atoms with Crippen molar-refractivity contribution in [1.29, 1.82) is 0 Å². The quantitative estimate of drug-likeness (QED) is 0.735. The fourth-order valence-electron chi connectivity index (χ4n) is 1.65. The van der Waals surface area contributed by atoms with Gasteiger partial charge in [-0.3, -0.25) is 4.79 Å². The van der Waals surface area contributed by atoms with Gasteiger partial charge in [-0.05, 0) is 26.3 Å². The molecule has 96 valence electrons. The molecule has 0 fully saturated rings. The van der Waals surface area contributed by atoms with Gasteiger partial charge in [-0.25, -0.2) is 0 Å². The number of nitrogens with zero attached hydrogens (tertiary/aromatic N) is 1. The Balaban J connectivity index is 2.82. The van der Waals surface area contributed by atoms with E-state index in [1.807, 2.05) is 11.5 Å². The Bertz CT molecular complexity index is 399. The third-order valence-corrected chi connectivity index (χ3v) is 2.74. The van der Waals surface area contributed by atoms with E-state index in [1.165, 1.54) is 0 Å². The lowest BCUT2D eigenvalue weighted by atomic mass is 10.3. The van der Waals surface area contributed by atoms with Crippen LogP contribution in [0.5, 0.6) is 5.75 Å². The van der Waals surface area contributed by atoms with Crippen molar-refractivity contribution in [2.24, 2.45) is 5.73 Å². The number of aromatic nitrogens is 1. The van der Waals surface area contributed by atoms with Crippen molar-refractivity contribution in [1.82, 2.24) is 4.57 Å². The van der Waals surface area contributed by atoms with Crippen LogP contribution in [0.15, 0.2) is 17.1 Å². The Hall–Kier alpha value is -1.29. The van der Waals surface area contributed by atoms with Gasteiger partial charge in [0.25, 0.3) is 0 Å². The zero-order valence-electron chi connectivity index (χ0n) is 10.7. The minimum Gasteiger partial charge on any atom is -0.488 e. The summed E-state index contributed by atoms with van der Waals surface area (Å²) in [4.78, 5) is 11.7. The molecule has 0 saturated carbocycles. The normalized spacial score (nSPS) is 10.5. The van der Waals surface area contributed by atoms with Gasteiger partial charge in [-0.15, -0.1) is 0 Å². The highest BCUT2D eigenvalue weighted by Crippen LogP contribution is 2.12. The lowest BCUT2D eigenvalue weighted by Crippen LogP contribution is -2.16. The fraction of sp³-hybridized carbons (Fsp3) is 0.615. The van der Waals surface area contributed by atoms with Crippen molar-refractivity contribution >= 4 is 0 Å². The Morgan fingerprint density at radius 1 is 1.41 bits per heavy atom. The third kappa shape index (κ3) is 3.89. The molecule has 1 aromatic rings. The number of ether oxygens (including phenoxy) is 1. The molecule has 0 aliphatic heterocycles. The van der Waals surface area contributed by atoms with Gasteiger partial charge in [-0.1, -0.05) is 13.3 Å². The molecule has 0 aliphatic rings. The van der Waals surface area contributed by atoms with Crippen LogP contribution < -0.4 is 15.9 Å². The number of aryl methyl sites for hydroxylation is 1. The van der Waals surface area contributed by atoms with Crippen LogP contribution in [-0.4, -0.2) is 17.7 Å². The summed E-state index contributed by atoms with van der Waals surface area (Å²) in [7, 11) is 0. The maximum absolute atomic E-state index is 11.7. The first-order chi connectivity index (χ1) is 8.20. The largest absolute Gasteiger partial charge is 0.488 e. The molecule has 0 aromatic carbocycles. The summed E-state index contributed by atoms with van der Waals surface area (Å²) in [6.45, 7) is 6.10. The van der Waals surface area contributed by atoms with Crippen molar-refractivity contribution in [3.8, 4) is 5.75 Å². The minimum atomic E-state index is -0.0393. The molecule has 0 aliphatic carbocycles. The highest BCUT2D eigenvalue weighted by atomic mass is 16.5. The minimum absolute atomic E-state index is 0.0393. The molecule has 0 saturated heterocycles. The van der Waals surface area contributed by atoms with E-state index in [-0.39, 0.29) is 5.43 Å². The van der Waals surface area contributed by atoms with Crippen LogP contribution >= 0.6 is 0 Å². The average Bonchev–Trinajstić information content (AvgIpc) is 2.32. The SMILES string of the molecule is CCCCOc1c(C)n(CCCN)ccc1=O. The van der Waals surface area contributed by atoms with E-state index in [2.05, 4.69) is 6.92 Å². The van der Waals surface area contributed by atoms with Crippen molar-refractivity contribution in [2.45, 2.75) is 39.7 Å². The van der Waals surface area contributed by atoms with Gasteiger partial charge < -0.3 is 15.0 Å². The maximum atomic E-state index is 11.7. The molecule has 0 spiro atoms. The van der Waals surface area contributed by atoms with Crippen molar-refractivity contribution in [3.05, 3.63) is 28.2 Å². The summed E-state index contributed by atoms with van der Waals surface area (Å²) in [5, 5.41) is 0. The van der Waals surface area contributed by atoms with E-state index < -0.39 is 0 Å². The number of hydrogen-bond acceptors (Lipinski definition) is 3. The summed E-state index contributed by atoms with van der Waals surface area (Å²) >= 11 is 0. The standard InChI is InChI=1S/C13H22N2O2/c1-3-4-10-17-13-11(2)15(8-5-7-14)9-6-12(13)16/h6,9H,3-5,7-8,10,14H2,1-2H3. The molecule has 0 radical (unpaired) electrons. The van der Waals surface area contributed by atoms with Crippen LogP contribution in [0.3, 0.4) is 0 Å². The van der Waals surface area contributed by atoms with Crippen LogP contribution in [0.4, 0.5) is 0 Å². The van der Waals surface area contributed by atoms with E-state index in [0.29, 0.717) is 18.9 Å². The summed E-state index contributed by atoms with van der Waals surface area (Å²) < 4.78 is 7.59. The first kappa shape index (κ1) is 13.8. The molecule has 4 heteroatoms. The molecule has 1 heterocycles. The number of unbranched alkanes of at least 4 members (excludes halogenated alkanes) is 1. The molecule has 0 unspecified atom stereocenters. The van der Waals surface area contributed by atoms with E-state index >= 15 is 0 Å². The van der Waals surface area contributed by atoms with Crippen LogP contribution in [0.1, 0.15) is 31.9 Å². The van der Waals surface area contributed by atoms with Gasteiger partial charge in [0, 0.05) is 18.8 Å². The smallest absolute Gasteiger partial charge is 0.223 e. The molecular formula is C13H22N2O2. The zero-order chi connectivity index (χ0) is 12.7. The average molecular weight is 238 g/mol. The molecule has 4 nitrogen and oxygen atoms in total. The van der Waals surface area contributed by atoms with Gasteiger partial charge in [0.2, 0.25) is 5.43 Å². The summed E-state index contributed by atoms with van der Waals surface area (Å²) in [6.07, 6.45) is 4.74. The highest BCUT2D eigenvalue weighted by molar-refractivity contribution is 5.27. The van der Waals surface area contributed by atoms with E-state index in [1.54, 1.807) is 12.3 Å². The third-order valence-electron chi connectivity index (χ3n) is 2.74. The number of hydrogen-bond donors (Lipinski definition) is 1. The van der Waals surface area contributed by atoms with Crippen LogP contribution in [-0.2, 0) is 6.54 Å². The molecule has 0 amide bonds.